The van der Waals surface area contributed by atoms with Crippen LogP contribution >= 0.6 is 11.3 Å². The number of nitrogens with two attached hydrogens (primary N) is 1. The van der Waals surface area contributed by atoms with Crippen molar-refractivity contribution < 1.29 is 0 Å². The van der Waals surface area contributed by atoms with Crippen molar-refractivity contribution >= 4 is 23.0 Å². The molecule has 84 valence electrons. The van der Waals surface area contributed by atoms with Gasteiger partial charge in [-0.1, -0.05) is 0 Å². The van der Waals surface area contributed by atoms with E-state index in [1.165, 1.54) is 6.33 Å². The van der Waals surface area contributed by atoms with Crippen LogP contribution in [0.5, 0.6) is 0 Å². The Labute approximate surface area is 96.9 Å². The second-order valence-electron chi connectivity index (χ2n) is 3.17. The molecule has 0 amide bonds. The SMILES string of the molecule is Cc1c(NN)ncnc1NCc1cscn1. The van der Waals surface area contributed by atoms with Gasteiger partial charge in [-0.05, 0) is 6.92 Å². The first kappa shape index (κ1) is 10.8. The number of rotatable bonds is 4. The van der Waals surface area contributed by atoms with Crippen LogP contribution in [0.2, 0.25) is 0 Å². The third kappa shape index (κ3) is 2.26. The van der Waals surface area contributed by atoms with Gasteiger partial charge < -0.3 is 10.7 Å². The fourth-order valence-corrected chi connectivity index (χ4v) is 1.83. The Bertz CT molecular complexity index is 455. The van der Waals surface area contributed by atoms with Crippen molar-refractivity contribution in [1.29, 1.82) is 0 Å². The minimum absolute atomic E-state index is 0.621. The average Bonchev–Trinajstić information content (AvgIpc) is 2.81. The number of hydrogen-bond acceptors (Lipinski definition) is 7. The van der Waals surface area contributed by atoms with Gasteiger partial charge in [-0.15, -0.1) is 11.3 Å². The summed E-state index contributed by atoms with van der Waals surface area (Å²) in [7, 11) is 0. The van der Waals surface area contributed by atoms with Crippen molar-refractivity contribution in [1.82, 2.24) is 15.0 Å². The summed E-state index contributed by atoms with van der Waals surface area (Å²) in [5.74, 6) is 6.71. The summed E-state index contributed by atoms with van der Waals surface area (Å²) in [5, 5.41) is 5.18. The third-order valence-electron chi connectivity index (χ3n) is 2.14. The van der Waals surface area contributed by atoms with Gasteiger partial charge in [0.05, 0.1) is 17.7 Å². The molecular weight excluding hydrogens is 224 g/mol. The smallest absolute Gasteiger partial charge is 0.148 e. The van der Waals surface area contributed by atoms with E-state index in [2.05, 4.69) is 25.7 Å². The van der Waals surface area contributed by atoms with Crippen LogP contribution in [0, 0.1) is 6.92 Å². The van der Waals surface area contributed by atoms with Crippen molar-refractivity contribution in [2.75, 3.05) is 10.7 Å². The van der Waals surface area contributed by atoms with Gasteiger partial charge in [0.1, 0.15) is 18.0 Å². The minimum Gasteiger partial charge on any atom is -0.364 e. The van der Waals surface area contributed by atoms with Crippen LogP contribution in [0.15, 0.2) is 17.2 Å². The molecule has 0 fully saturated rings. The summed E-state index contributed by atoms with van der Waals surface area (Å²) in [6.45, 7) is 2.55. The average molecular weight is 236 g/mol. The van der Waals surface area contributed by atoms with E-state index in [4.69, 9.17) is 5.84 Å². The maximum Gasteiger partial charge on any atom is 0.148 e. The minimum atomic E-state index is 0.621. The third-order valence-corrected chi connectivity index (χ3v) is 2.78. The van der Waals surface area contributed by atoms with E-state index in [1.54, 1.807) is 16.8 Å². The summed E-state index contributed by atoms with van der Waals surface area (Å²) in [6, 6.07) is 0. The lowest BCUT2D eigenvalue weighted by Crippen LogP contribution is -2.12. The number of anilines is 2. The van der Waals surface area contributed by atoms with Crippen molar-refractivity contribution in [2.45, 2.75) is 13.5 Å². The Hall–Kier alpha value is -1.73. The number of aromatic nitrogens is 3. The number of hydrogen-bond donors (Lipinski definition) is 3. The lowest BCUT2D eigenvalue weighted by molar-refractivity contribution is 1.02. The number of nitrogens with one attached hydrogen (secondary N) is 2. The molecule has 0 saturated heterocycles. The molecule has 2 aromatic rings. The Kier molecular flexibility index (Phi) is 3.28. The molecule has 2 aromatic heterocycles. The topological polar surface area (TPSA) is 88.8 Å². The summed E-state index contributed by atoms with van der Waals surface area (Å²) < 4.78 is 0. The highest BCUT2D eigenvalue weighted by Crippen LogP contribution is 2.17. The van der Waals surface area contributed by atoms with Crippen LogP contribution in [0.4, 0.5) is 11.6 Å². The summed E-state index contributed by atoms with van der Waals surface area (Å²) in [6.07, 6.45) is 1.46. The molecule has 7 heteroatoms. The first-order chi connectivity index (χ1) is 7.81. The Morgan fingerprint density at radius 3 is 2.81 bits per heavy atom. The highest BCUT2D eigenvalue weighted by Gasteiger charge is 2.05. The van der Waals surface area contributed by atoms with Crippen LogP contribution in [0.1, 0.15) is 11.3 Å². The molecular formula is C9H12N6S. The molecule has 0 aromatic carbocycles. The molecule has 16 heavy (non-hydrogen) atoms. The van der Waals surface area contributed by atoms with Crippen LogP contribution < -0.4 is 16.6 Å². The van der Waals surface area contributed by atoms with E-state index >= 15 is 0 Å². The maximum absolute atomic E-state index is 5.33. The van der Waals surface area contributed by atoms with Crippen molar-refractivity contribution in [3.05, 3.63) is 28.5 Å². The van der Waals surface area contributed by atoms with Gasteiger partial charge in [0.15, 0.2) is 0 Å². The Morgan fingerprint density at radius 1 is 1.31 bits per heavy atom. The second-order valence-corrected chi connectivity index (χ2v) is 3.89. The molecule has 0 unspecified atom stereocenters. The maximum atomic E-state index is 5.33. The van der Waals surface area contributed by atoms with E-state index in [-0.39, 0.29) is 0 Å². The lowest BCUT2D eigenvalue weighted by atomic mass is 10.3. The lowest BCUT2D eigenvalue weighted by Gasteiger charge is -2.09. The van der Waals surface area contributed by atoms with Gasteiger partial charge in [0.2, 0.25) is 0 Å². The van der Waals surface area contributed by atoms with E-state index < -0.39 is 0 Å². The van der Waals surface area contributed by atoms with Gasteiger partial charge in [-0.25, -0.2) is 20.8 Å². The van der Waals surface area contributed by atoms with Crippen molar-refractivity contribution in [3.63, 3.8) is 0 Å². The molecule has 0 spiro atoms. The van der Waals surface area contributed by atoms with Gasteiger partial charge in [0, 0.05) is 10.9 Å². The molecule has 0 atom stereocenters. The predicted molar refractivity (Wildman–Crippen MR) is 64.0 cm³/mol. The van der Waals surface area contributed by atoms with E-state index in [1.807, 2.05) is 12.3 Å². The molecule has 0 aliphatic carbocycles. The standard InChI is InChI=1S/C9H12N6S/c1-6-8(12-4-13-9(6)15-10)11-2-7-3-16-5-14-7/h3-5H,2,10H2,1H3,(H2,11,12,13,15). The molecule has 0 aliphatic rings. The second kappa shape index (κ2) is 4.86. The van der Waals surface area contributed by atoms with Crippen molar-refractivity contribution in [3.8, 4) is 0 Å². The fraction of sp³-hybridized carbons (Fsp3) is 0.222. The zero-order valence-corrected chi connectivity index (χ0v) is 9.58. The molecule has 0 saturated carbocycles. The Morgan fingerprint density at radius 2 is 2.12 bits per heavy atom. The Balaban J connectivity index is 2.09. The molecule has 6 nitrogen and oxygen atoms in total. The molecule has 0 radical (unpaired) electrons. The number of hydrazine groups is 1. The van der Waals surface area contributed by atoms with Gasteiger partial charge in [0.25, 0.3) is 0 Å². The number of nitrogen functional groups attached to an aromatic ring is 1. The van der Waals surface area contributed by atoms with E-state index in [9.17, 15) is 0 Å². The quantitative estimate of drug-likeness (QED) is 0.545. The van der Waals surface area contributed by atoms with E-state index in [0.717, 1.165) is 17.1 Å². The van der Waals surface area contributed by atoms with Gasteiger partial charge >= 0.3 is 0 Å². The molecule has 2 heterocycles. The van der Waals surface area contributed by atoms with Crippen LogP contribution in [0.25, 0.3) is 0 Å². The zero-order valence-electron chi connectivity index (χ0n) is 8.77. The highest BCUT2D eigenvalue weighted by atomic mass is 32.1. The zero-order chi connectivity index (χ0) is 11.4. The largest absolute Gasteiger partial charge is 0.364 e. The highest BCUT2D eigenvalue weighted by molar-refractivity contribution is 7.07. The molecule has 0 aliphatic heterocycles. The first-order valence-corrected chi connectivity index (χ1v) is 5.64. The van der Waals surface area contributed by atoms with E-state index in [0.29, 0.717) is 12.4 Å². The number of nitrogens with zero attached hydrogens (tertiary/aromatic N) is 3. The first-order valence-electron chi connectivity index (χ1n) is 4.70. The van der Waals surface area contributed by atoms with Crippen LogP contribution in [0.3, 0.4) is 0 Å². The van der Waals surface area contributed by atoms with Crippen LogP contribution in [-0.2, 0) is 6.54 Å². The summed E-state index contributed by atoms with van der Waals surface area (Å²) in [4.78, 5) is 12.3. The van der Waals surface area contributed by atoms with Crippen molar-refractivity contribution in [2.24, 2.45) is 5.84 Å². The monoisotopic (exact) mass is 236 g/mol. The normalized spacial score (nSPS) is 10.1. The number of thiazole rings is 1. The van der Waals surface area contributed by atoms with Crippen LogP contribution in [-0.4, -0.2) is 15.0 Å². The summed E-state index contributed by atoms with van der Waals surface area (Å²) >= 11 is 1.57. The van der Waals surface area contributed by atoms with Gasteiger partial charge in [-0.2, -0.15) is 0 Å². The van der Waals surface area contributed by atoms with Gasteiger partial charge in [-0.3, -0.25) is 0 Å². The molecule has 4 N–H and O–H groups in total. The predicted octanol–water partition coefficient (Wildman–Crippen LogP) is 1.14. The molecule has 0 bridgehead atoms. The fourth-order valence-electron chi connectivity index (χ4n) is 1.27. The summed E-state index contributed by atoms with van der Waals surface area (Å²) in [5.41, 5.74) is 6.21. The molecule has 2 rings (SSSR count).